The summed E-state index contributed by atoms with van der Waals surface area (Å²) in [6, 6.07) is 14.6. The molecule has 0 aromatic heterocycles. The van der Waals surface area contributed by atoms with Crippen molar-refractivity contribution in [2.45, 2.75) is 31.7 Å². The van der Waals surface area contributed by atoms with E-state index in [1.165, 1.54) is 16.0 Å². The van der Waals surface area contributed by atoms with Crippen molar-refractivity contribution >= 4 is 11.8 Å². The molecule has 0 saturated heterocycles. The Morgan fingerprint density at radius 3 is 2.48 bits per heavy atom. The van der Waals surface area contributed by atoms with Crippen LogP contribution in [0.1, 0.15) is 23.1 Å². The summed E-state index contributed by atoms with van der Waals surface area (Å²) in [6.45, 7) is 5.63. The highest BCUT2D eigenvalue weighted by Gasteiger charge is 2.00. The molecule has 2 rings (SSSR count). The number of aryl methyl sites for hydroxylation is 2. The van der Waals surface area contributed by atoms with Gasteiger partial charge < -0.3 is 10.5 Å². The summed E-state index contributed by atoms with van der Waals surface area (Å²) in [6.07, 6.45) is 1.04. The maximum absolute atomic E-state index is 5.74. The van der Waals surface area contributed by atoms with Crippen LogP contribution < -0.4 is 10.5 Å². The van der Waals surface area contributed by atoms with Crippen LogP contribution >= 0.6 is 11.8 Å². The molecule has 112 valence electrons. The quantitative estimate of drug-likeness (QED) is 0.611. The van der Waals surface area contributed by atoms with E-state index in [0.29, 0.717) is 6.54 Å². The van der Waals surface area contributed by atoms with Gasteiger partial charge in [0.25, 0.3) is 0 Å². The van der Waals surface area contributed by atoms with Crippen molar-refractivity contribution in [3.8, 4) is 5.75 Å². The van der Waals surface area contributed by atoms with Crippen LogP contribution in [-0.2, 0) is 6.54 Å². The first kappa shape index (κ1) is 15.9. The Balaban J connectivity index is 1.69. The predicted molar refractivity (Wildman–Crippen MR) is 91.1 cm³/mol. The normalized spacial score (nSPS) is 10.6. The Labute approximate surface area is 131 Å². The monoisotopic (exact) mass is 301 g/mol. The minimum absolute atomic E-state index is 0.576. The Morgan fingerprint density at radius 1 is 1.05 bits per heavy atom. The molecule has 2 aromatic carbocycles. The fourth-order valence-electron chi connectivity index (χ4n) is 2.11. The second-order valence-corrected chi connectivity index (χ2v) is 6.30. The van der Waals surface area contributed by atoms with Gasteiger partial charge in [0.2, 0.25) is 0 Å². The second-order valence-electron chi connectivity index (χ2n) is 5.17. The highest BCUT2D eigenvalue weighted by atomic mass is 32.2. The molecule has 0 atom stereocenters. The Bertz CT molecular complexity index is 566. The summed E-state index contributed by atoms with van der Waals surface area (Å²) in [5, 5.41) is 0. The summed E-state index contributed by atoms with van der Waals surface area (Å²) < 4.78 is 5.74. The SMILES string of the molecule is Cc1ccc(SCCCOc2ccc(CN)cc2)c(C)c1. The van der Waals surface area contributed by atoms with Crippen LogP contribution in [0.25, 0.3) is 0 Å². The number of nitrogens with two attached hydrogens (primary N) is 1. The van der Waals surface area contributed by atoms with E-state index in [1.807, 2.05) is 36.0 Å². The average Bonchev–Trinajstić information content (AvgIpc) is 2.49. The maximum atomic E-state index is 5.74. The van der Waals surface area contributed by atoms with Crippen molar-refractivity contribution in [3.05, 3.63) is 59.2 Å². The van der Waals surface area contributed by atoms with Gasteiger partial charge in [0.05, 0.1) is 6.61 Å². The van der Waals surface area contributed by atoms with Crippen LogP contribution in [0, 0.1) is 13.8 Å². The third-order valence-corrected chi connectivity index (χ3v) is 4.57. The molecule has 2 nitrogen and oxygen atoms in total. The molecule has 0 heterocycles. The van der Waals surface area contributed by atoms with Gasteiger partial charge in [-0.15, -0.1) is 11.8 Å². The first-order chi connectivity index (χ1) is 10.2. The van der Waals surface area contributed by atoms with Crippen molar-refractivity contribution < 1.29 is 4.74 Å². The summed E-state index contributed by atoms with van der Waals surface area (Å²) in [7, 11) is 0. The zero-order valence-corrected chi connectivity index (χ0v) is 13.6. The van der Waals surface area contributed by atoms with Crippen LogP contribution in [0.3, 0.4) is 0 Å². The van der Waals surface area contributed by atoms with E-state index in [1.54, 1.807) is 0 Å². The predicted octanol–water partition coefficient (Wildman–Crippen LogP) is 4.32. The molecule has 0 aliphatic heterocycles. The minimum Gasteiger partial charge on any atom is -0.494 e. The average molecular weight is 301 g/mol. The first-order valence-corrected chi connectivity index (χ1v) is 8.29. The van der Waals surface area contributed by atoms with Crippen LogP contribution in [0.5, 0.6) is 5.75 Å². The number of hydrogen-bond donors (Lipinski definition) is 1. The molecule has 0 saturated carbocycles. The lowest BCUT2D eigenvalue weighted by molar-refractivity contribution is 0.318. The van der Waals surface area contributed by atoms with Crippen molar-refractivity contribution in [2.24, 2.45) is 5.73 Å². The van der Waals surface area contributed by atoms with E-state index in [2.05, 4.69) is 32.0 Å². The molecule has 0 amide bonds. The third-order valence-electron chi connectivity index (χ3n) is 3.30. The highest BCUT2D eigenvalue weighted by Crippen LogP contribution is 2.23. The third kappa shape index (κ3) is 5.10. The van der Waals surface area contributed by atoms with Gasteiger partial charge in [0, 0.05) is 17.2 Å². The lowest BCUT2D eigenvalue weighted by Gasteiger charge is -2.08. The maximum Gasteiger partial charge on any atom is 0.119 e. The Hall–Kier alpha value is -1.45. The van der Waals surface area contributed by atoms with Gasteiger partial charge in [-0.25, -0.2) is 0 Å². The summed E-state index contributed by atoms with van der Waals surface area (Å²) in [4.78, 5) is 1.37. The molecular formula is C18H23NOS. The van der Waals surface area contributed by atoms with Crippen molar-refractivity contribution in [3.63, 3.8) is 0 Å². The molecule has 0 bridgehead atoms. The van der Waals surface area contributed by atoms with E-state index in [4.69, 9.17) is 10.5 Å². The van der Waals surface area contributed by atoms with Crippen LogP contribution in [0.2, 0.25) is 0 Å². The molecule has 0 aliphatic rings. The standard InChI is InChI=1S/C18H23NOS/c1-14-4-9-18(15(2)12-14)21-11-3-10-20-17-7-5-16(13-19)6-8-17/h4-9,12H,3,10-11,13,19H2,1-2H3. The van der Waals surface area contributed by atoms with Gasteiger partial charge in [-0.3, -0.25) is 0 Å². The van der Waals surface area contributed by atoms with E-state index in [0.717, 1.165) is 30.1 Å². The van der Waals surface area contributed by atoms with Crippen LogP contribution in [0.15, 0.2) is 47.4 Å². The van der Waals surface area contributed by atoms with Gasteiger partial charge in [-0.05, 0) is 49.6 Å². The smallest absolute Gasteiger partial charge is 0.119 e. The van der Waals surface area contributed by atoms with Crippen molar-refractivity contribution in [1.82, 2.24) is 0 Å². The Morgan fingerprint density at radius 2 is 1.81 bits per heavy atom. The number of benzene rings is 2. The molecule has 0 unspecified atom stereocenters. The summed E-state index contributed by atoms with van der Waals surface area (Å²) in [5.74, 6) is 1.99. The molecular weight excluding hydrogens is 278 g/mol. The van der Waals surface area contributed by atoms with Crippen LogP contribution in [0.4, 0.5) is 0 Å². The summed E-state index contributed by atoms with van der Waals surface area (Å²) >= 11 is 1.90. The number of hydrogen-bond acceptors (Lipinski definition) is 3. The minimum atomic E-state index is 0.576. The molecule has 21 heavy (non-hydrogen) atoms. The first-order valence-electron chi connectivity index (χ1n) is 7.31. The van der Waals surface area contributed by atoms with Crippen molar-refractivity contribution in [1.29, 1.82) is 0 Å². The fourth-order valence-corrected chi connectivity index (χ4v) is 3.05. The van der Waals surface area contributed by atoms with Gasteiger partial charge in [0.1, 0.15) is 5.75 Å². The molecule has 0 radical (unpaired) electrons. The lowest BCUT2D eigenvalue weighted by atomic mass is 10.2. The van der Waals surface area contributed by atoms with Gasteiger partial charge in [-0.1, -0.05) is 29.8 Å². The molecule has 0 aliphatic carbocycles. The summed E-state index contributed by atoms with van der Waals surface area (Å²) in [5.41, 5.74) is 9.38. The lowest BCUT2D eigenvalue weighted by Crippen LogP contribution is -2.00. The van der Waals surface area contributed by atoms with Gasteiger partial charge in [-0.2, -0.15) is 0 Å². The number of thioether (sulfide) groups is 1. The number of ether oxygens (including phenoxy) is 1. The van der Waals surface area contributed by atoms with Crippen molar-refractivity contribution in [2.75, 3.05) is 12.4 Å². The zero-order valence-electron chi connectivity index (χ0n) is 12.8. The van der Waals surface area contributed by atoms with E-state index in [9.17, 15) is 0 Å². The van der Waals surface area contributed by atoms with Gasteiger partial charge in [0.15, 0.2) is 0 Å². The molecule has 0 fully saturated rings. The largest absolute Gasteiger partial charge is 0.494 e. The fraction of sp³-hybridized carbons (Fsp3) is 0.333. The second kappa shape index (κ2) is 8.11. The topological polar surface area (TPSA) is 35.2 Å². The van der Waals surface area contributed by atoms with Gasteiger partial charge >= 0.3 is 0 Å². The Kier molecular flexibility index (Phi) is 6.15. The molecule has 0 spiro atoms. The van der Waals surface area contributed by atoms with E-state index < -0.39 is 0 Å². The number of rotatable bonds is 7. The highest BCUT2D eigenvalue weighted by molar-refractivity contribution is 7.99. The van der Waals surface area contributed by atoms with E-state index >= 15 is 0 Å². The molecule has 3 heteroatoms. The van der Waals surface area contributed by atoms with E-state index in [-0.39, 0.29) is 0 Å². The zero-order chi connectivity index (χ0) is 15.1. The molecule has 2 aromatic rings. The van der Waals surface area contributed by atoms with Crippen LogP contribution in [-0.4, -0.2) is 12.4 Å². The molecule has 2 N–H and O–H groups in total.